The summed E-state index contributed by atoms with van der Waals surface area (Å²) in [6, 6.07) is 13.6. The van der Waals surface area contributed by atoms with Gasteiger partial charge in [0, 0.05) is 12.0 Å². The Morgan fingerprint density at radius 1 is 1.00 bits per heavy atom. The lowest BCUT2D eigenvalue weighted by Gasteiger charge is -2.08. The molecule has 0 aliphatic heterocycles. The summed E-state index contributed by atoms with van der Waals surface area (Å²) in [6.07, 6.45) is 1.11. The second-order valence-electron chi connectivity index (χ2n) is 5.39. The van der Waals surface area contributed by atoms with E-state index in [1.54, 1.807) is 0 Å². The first kappa shape index (κ1) is 10.3. The van der Waals surface area contributed by atoms with Crippen LogP contribution in [0.15, 0.2) is 42.5 Å². The van der Waals surface area contributed by atoms with Crippen LogP contribution in [0.2, 0.25) is 0 Å². The minimum Gasteiger partial charge on any atom is -0.327 e. The zero-order valence-electron chi connectivity index (χ0n) is 9.94. The van der Waals surface area contributed by atoms with Gasteiger partial charge in [0.05, 0.1) is 0 Å². The van der Waals surface area contributed by atoms with E-state index in [1.165, 1.54) is 28.8 Å². The maximum Gasteiger partial charge on any atom is 0.123 e. The van der Waals surface area contributed by atoms with Gasteiger partial charge < -0.3 is 5.73 Å². The first-order chi connectivity index (χ1) is 8.74. The molecule has 90 valence electrons. The molecule has 3 atom stereocenters. The largest absolute Gasteiger partial charge is 0.327 e. The molecule has 0 aromatic heterocycles. The van der Waals surface area contributed by atoms with Crippen LogP contribution in [0.25, 0.3) is 11.1 Å². The zero-order chi connectivity index (χ0) is 12.3. The van der Waals surface area contributed by atoms with E-state index in [4.69, 9.17) is 5.73 Å². The number of hydrogen-bond acceptors (Lipinski definition) is 1. The number of hydrogen-bond donors (Lipinski definition) is 1. The van der Waals surface area contributed by atoms with Crippen molar-refractivity contribution in [2.75, 3.05) is 0 Å². The fourth-order valence-corrected chi connectivity index (χ4v) is 3.29. The minimum atomic E-state index is -0.188. The topological polar surface area (TPSA) is 26.0 Å². The molecule has 1 saturated carbocycles. The van der Waals surface area contributed by atoms with E-state index in [1.807, 2.05) is 12.1 Å². The average Bonchev–Trinajstić information content (AvgIpc) is 2.86. The van der Waals surface area contributed by atoms with Crippen LogP contribution in [0.1, 0.15) is 17.0 Å². The molecule has 2 aromatic rings. The van der Waals surface area contributed by atoms with Gasteiger partial charge in [0.2, 0.25) is 0 Å². The Labute approximate surface area is 105 Å². The monoisotopic (exact) mass is 239 g/mol. The Bertz CT molecular complexity index is 617. The SMILES string of the molecule is N[C@@H]1[C@H]2Cc3cc(-c4ccc(F)cc4)ccc3[C@@H]12. The average molecular weight is 239 g/mol. The van der Waals surface area contributed by atoms with Gasteiger partial charge in [0.1, 0.15) is 5.82 Å². The Balaban J connectivity index is 1.74. The van der Waals surface area contributed by atoms with E-state index >= 15 is 0 Å². The highest BCUT2D eigenvalue weighted by Crippen LogP contribution is 2.55. The lowest BCUT2D eigenvalue weighted by Crippen LogP contribution is -2.08. The van der Waals surface area contributed by atoms with Gasteiger partial charge in [-0.05, 0) is 46.7 Å². The number of halogens is 1. The Morgan fingerprint density at radius 2 is 1.72 bits per heavy atom. The molecule has 2 N–H and O–H groups in total. The molecule has 0 bridgehead atoms. The van der Waals surface area contributed by atoms with Gasteiger partial charge in [-0.15, -0.1) is 0 Å². The highest BCUT2D eigenvalue weighted by atomic mass is 19.1. The van der Waals surface area contributed by atoms with E-state index < -0.39 is 0 Å². The van der Waals surface area contributed by atoms with E-state index in [0.717, 1.165) is 12.0 Å². The smallest absolute Gasteiger partial charge is 0.123 e. The van der Waals surface area contributed by atoms with Crippen molar-refractivity contribution < 1.29 is 4.39 Å². The van der Waals surface area contributed by atoms with Crippen LogP contribution >= 0.6 is 0 Å². The van der Waals surface area contributed by atoms with Crippen molar-refractivity contribution in [3.63, 3.8) is 0 Å². The summed E-state index contributed by atoms with van der Waals surface area (Å²) >= 11 is 0. The van der Waals surface area contributed by atoms with E-state index in [0.29, 0.717) is 17.9 Å². The van der Waals surface area contributed by atoms with E-state index in [2.05, 4.69) is 18.2 Å². The van der Waals surface area contributed by atoms with E-state index in [9.17, 15) is 4.39 Å². The quantitative estimate of drug-likeness (QED) is 0.813. The fraction of sp³-hybridized carbons (Fsp3) is 0.250. The second kappa shape index (κ2) is 3.42. The summed E-state index contributed by atoms with van der Waals surface area (Å²) in [6.45, 7) is 0. The molecule has 0 unspecified atom stereocenters. The van der Waals surface area contributed by atoms with Crippen LogP contribution in [-0.4, -0.2) is 6.04 Å². The van der Waals surface area contributed by atoms with Gasteiger partial charge >= 0.3 is 0 Å². The lowest BCUT2D eigenvalue weighted by atomic mass is 9.98. The number of fused-ring (bicyclic) bond motifs is 3. The summed E-state index contributed by atoms with van der Waals surface area (Å²) in [5.74, 6) is 1.08. The molecule has 0 spiro atoms. The molecular weight excluding hydrogens is 225 g/mol. The molecule has 2 aliphatic carbocycles. The van der Waals surface area contributed by atoms with Crippen molar-refractivity contribution in [1.82, 2.24) is 0 Å². The molecule has 2 aliphatic rings. The van der Waals surface area contributed by atoms with Gasteiger partial charge in [-0.25, -0.2) is 4.39 Å². The van der Waals surface area contributed by atoms with Crippen LogP contribution in [0.5, 0.6) is 0 Å². The number of rotatable bonds is 1. The number of nitrogens with two attached hydrogens (primary N) is 1. The maximum absolute atomic E-state index is 12.9. The second-order valence-corrected chi connectivity index (χ2v) is 5.39. The molecule has 1 nitrogen and oxygen atoms in total. The van der Waals surface area contributed by atoms with Crippen LogP contribution in [0.3, 0.4) is 0 Å². The van der Waals surface area contributed by atoms with Gasteiger partial charge in [-0.3, -0.25) is 0 Å². The third kappa shape index (κ3) is 1.36. The Morgan fingerprint density at radius 3 is 2.50 bits per heavy atom. The van der Waals surface area contributed by atoms with Crippen molar-refractivity contribution in [3.05, 3.63) is 59.4 Å². The fourth-order valence-electron chi connectivity index (χ4n) is 3.29. The first-order valence-corrected chi connectivity index (χ1v) is 6.38. The van der Waals surface area contributed by atoms with E-state index in [-0.39, 0.29) is 5.82 Å². The molecule has 0 radical (unpaired) electrons. The molecule has 18 heavy (non-hydrogen) atoms. The third-order valence-corrected chi connectivity index (χ3v) is 4.36. The van der Waals surface area contributed by atoms with Crippen LogP contribution in [-0.2, 0) is 6.42 Å². The Kier molecular flexibility index (Phi) is 1.95. The Hall–Kier alpha value is -1.67. The molecule has 1 fully saturated rings. The van der Waals surface area contributed by atoms with Crippen molar-refractivity contribution in [1.29, 1.82) is 0 Å². The third-order valence-electron chi connectivity index (χ3n) is 4.36. The normalized spacial score (nSPS) is 27.8. The number of benzene rings is 2. The van der Waals surface area contributed by atoms with Crippen molar-refractivity contribution in [2.24, 2.45) is 11.7 Å². The summed E-state index contributed by atoms with van der Waals surface area (Å²) in [4.78, 5) is 0. The van der Waals surface area contributed by atoms with Gasteiger partial charge in [0.15, 0.2) is 0 Å². The molecule has 0 saturated heterocycles. The molecule has 2 aromatic carbocycles. The van der Waals surface area contributed by atoms with Crippen molar-refractivity contribution in [2.45, 2.75) is 18.4 Å². The predicted octanol–water partition coefficient (Wildman–Crippen LogP) is 3.09. The van der Waals surface area contributed by atoms with Crippen LogP contribution < -0.4 is 5.73 Å². The standard InChI is InChI=1S/C16H14FN/c17-12-4-1-9(2-5-12)10-3-6-13-11(7-10)8-14-15(13)16(14)18/h1-7,14-16H,8,18H2/t14-,15+,16+/m0/s1. The maximum atomic E-state index is 12.9. The molecular formula is C16H14FN. The summed E-state index contributed by atoms with van der Waals surface area (Å²) < 4.78 is 12.9. The van der Waals surface area contributed by atoms with Crippen LogP contribution in [0.4, 0.5) is 4.39 Å². The summed E-state index contributed by atoms with van der Waals surface area (Å²) in [7, 11) is 0. The van der Waals surface area contributed by atoms with Crippen LogP contribution in [0, 0.1) is 11.7 Å². The predicted molar refractivity (Wildman–Crippen MR) is 69.7 cm³/mol. The minimum absolute atomic E-state index is 0.188. The first-order valence-electron chi connectivity index (χ1n) is 6.38. The summed E-state index contributed by atoms with van der Waals surface area (Å²) in [5, 5.41) is 0. The van der Waals surface area contributed by atoms with Crippen molar-refractivity contribution >= 4 is 0 Å². The zero-order valence-corrected chi connectivity index (χ0v) is 9.94. The van der Waals surface area contributed by atoms with Gasteiger partial charge in [-0.1, -0.05) is 30.3 Å². The van der Waals surface area contributed by atoms with Gasteiger partial charge in [-0.2, -0.15) is 0 Å². The molecule has 0 heterocycles. The highest BCUT2D eigenvalue weighted by molar-refractivity contribution is 5.66. The van der Waals surface area contributed by atoms with Gasteiger partial charge in [0.25, 0.3) is 0 Å². The molecule has 4 rings (SSSR count). The lowest BCUT2D eigenvalue weighted by molar-refractivity contribution is 0.628. The summed E-state index contributed by atoms with van der Waals surface area (Å²) in [5.41, 5.74) is 11.1. The van der Waals surface area contributed by atoms with Crippen molar-refractivity contribution in [3.8, 4) is 11.1 Å². The molecule has 0 amide bonds. The highest BCUT2D eigenvalue weighted by Gasteiger charge is 2.53. The molecule has 2 heteroatoms.